The van der Waals surface area contributed by atoms with Gasteiger partial charge in [0.05, 0.1) is 10.6 Å². The van der Waals surface area contributed by atoms with E-state index < -0.39 is 21.8 Å². The van der Waals surface area contributed by atoms with Crippen molar-refractivity contribution in [2.24, 2.45) is 0 Å². The molecule has 31 heavy (non-hydrogen) atoms. The number of hydrogen-bond acceptors (Lipinski definition) is 7. The zero-order valence-electron chi connectivity index (χ0n) is 16.0. The summed E-state index contributed by atoms with van der Waals surface area (Å²) in [5.41, 5.74) is 1.62. The van der Waals surface area contributed by atoms with Gasteiger partial charge in [-0.25, -0.2) is 18.3 Å². The standard InChI is InChI=1S/C20H15ClN4O4S2/c1-12-3-2-4-14(11-12)25-18(26)16(21)17(19(25)27)23-13-5-7-15(8-6-13)31(28,29)24-20-22-9-10-30-20/h2-11,23H,1H3,(H,22,24). The van der Waals surface area contributed by atoms with Gasteiger partial charge in [-0.2, -0.15) is 0 Å². The summed E-state index contributed by atoms with van der Waals surface area (Å²) in [5.74, 6) is -1.23. The summed E-state index contributed by atoms with van der Waals surface area (Å²) in [5, 5.41) is 4.49. The minimum absolute atomic E-state index is 0.0172. The number of carbonyl (C=O) groups is 2. The second kappa shape index (κ2) is 8.14. The van der Waals surface area contributed by atoms with Gasteiger partial charge in [0, 0.05) is 17.3 Å². The van der Waals surface area contributed by atoms with Crippen molar-refractivity contribution in [3.63, 3.8) is 0 Å². The molecule has 0 saturated heterocycles. The molecule has 3 aromatic rings. The molecule has 0 saturated carbocycles. The summed E-state index contributed by atoms with van der Waals surface area (Å²) in [6, 6.07) is 12.6. The zero-order chi connectivity index (χ0) is 22.2. The van der Waals surface area contributed by atoms with E-state index in [-0.39, 0.29) is 20.8 Å². The third kappa shape index (κ3) is 4.18. The number of halogens is 1. The predicted octanol–water partition coefficient (Wildman–Crippen LogP) is 3.69. The molecule has 1 aliphatic rings. The summed E-state index contributed by atoms with van der Waals surface area (Å²) in [6.45, 7) is 1.85. The fourth-order valence-corrected chi connectivity index (χ4v) is 4.92. The highest BCUT2D eigenvalue weighted by Crippen LogP contribution is 2.30. The molecule has 0 unspecified atom stereocenters. The van der Waals surface area contributed by atoms with Crippen molar-refractivity contribution in [2.75, 3.05) is 14.9 Å². The molecule has 1 aromatic heterocycles. The maximum Gasteiger partial charge on any atom is 0.283 e. The van der Waals surface area contributed by atoms with Crippen molar-refractivity contribution in [3.05, 3.63) is 76.4 Å². The quantitative estimate of drug-likeness (QED) is 0.527. The number of thiazole rings is 1. The minimum Gasteiger partial charge on any atom is -0.350 e. The number of imide groups is 1. The molecule has 11 heteroatoms. The van der Waals surface area contributed by atoms with Crippen molar-refractivity contribution in [2.45, 2.75) is 11.8 Å². The largest absolute Gasteiger partial charge is 0.350 e. The van der Waals surface area contributed by atoms with Crippen molar-refractivity contribution < 1.29 is 18.0 Å². The summed E-state index contributed by atoms with van der Waals surface area (Å²) < 4.78 is 27.2. The summed E-state index contributed by atoms with van der Waals surface area (Å²) >= 11 is 7.29. The Kier molecular flexibility index (Phi) is 5.52. The maximum atomic E-state index is 12.8. The molecule has 1 aliphatic heterocycles. The van der Waals surface area contributed by atoms with Gasteiger partial charge in [-0.15, -0.1) is 11.3 Å². The third-order valence-corrected chi connectivity index (χ3v) is 6.90. The van der Waals surface area contributed by atoms with Crippen LogP contribution in [-0.4, -0.2) is 25.2 Å². The van der Waals surface area contributed by atoms with Crippen LogP contribution >= 0.6 is 22.9 Å². The van der Waals surface area contributed by atoms with E-state index in [1.54, 1.807) is 23.6 Å². The monoisotopic (exact) mass is 474 g/mol. The van der Waals surface area contributed by atoms with Gasteiger partial charge in [-0.05, 0) is 48.9 Å². The van der Waals surface area contributed by atoms with Crippen LogP contribution in [0.4, 0.5) is 16.5 Å². The predicted molar refractivity (Wildman–Crippen MR) is 120 cm³/mol. The van der Waals surface area contributed by atoms with Gasteiger partial charge in [0.1, 0.15) is 10.7 Å². The van der Waals surface area contributed by atoms with Gasteiger partial charge < -0.3 is 5.32 Å². The number of rotatable bonds is 6. The van der Waals surface area contributed by atoms with Crippen LogP contribution < -0.4 is 14.9 Å². The fourth-order valence-electron chi connectivity index (χ4n) is 2.92. The molecule has 0 atom stereocenters. The van der Waals surface area contributed by atoms with E-state index in [2.05, 4.69) is 15.0 Å². The van der Waals surface area contributed by atoms with E-state index in [0.29, 0.717) is 11.4 Å². The van der Waals surface area contributed by atoms with Crippen LogP contribution in [0.15, 0.2) is 75.7 Å². The van der Waals surface area contributed by atoms with E-state index in [9.17, 15) is 18.0 Å². The van der Waals surface area contributed by atoms with E-state index in [1.807, 2.05) is 13.0 Å². The molecule has 2 aromatic carbocycles. The van der Waals surface area contributed by atoms with Crippen LogP contribution in [0.5, 0.6) is 0 Å². The molecule has 4 rings (SSSR count). The Bertz CT molecular complexity index is 1300. The van der Waals surface area contributed by atoms with Gasteiger partial charge >= 0.3 is 0 Å². The van der Waals surface area contributed by atoms with Crippen LogP contribution in [0.25, 0.3) is 0 Å². The first kappa shape index (κ1) is 21.0. The molecule has 0 spiro atoms. The Morgan fingerprint density at radius 2 is 1.81 bits per heavy atom. The van der Waals surface area contributed by atoms with E-state index in [1.165, 1.54) is 30.5 Å². The van der Waals surface area contributed by atoms with Crippen LogP contribution in [0.3, 0.4) is 0 Å². The molecule has 0 bridgehead atoms. The Morgan fingerprint density at radius 3 is 2.45 bits per heavy atom. The zero-order valence-corrected chi connectivity index (χ0v) is 18.4. The molecular formula is C20H15ClN4O4S2. The van der Waals surface area contributed by atoms with Gasteiger partial charge in [0.2, 0.25) is 0 Å². The molecule has 8 nitrogen and oxygen atoms in total. The highest BCUT2D eigenvalue weighted by molar-refractivity contribution is 7.93. The number of nitrogens with zero attached hydrogens (tertiary/aromatic N) is 2. The lowest BCUT2D eigenvalue weighted by molar-refractivity contribution is -0.120. The Hall–Kier alpha value is -3.21. The first-order chi connectivity index (χ1) is 14.8. The highest BCUT2D eigenvalue weighted by atomic mass is 35.5. The lowest BCUT2D eigenvalue weighted by atomic mass is 10.2. The molecule has 0 fully saturated rings. The number of aromatic nitrogens is 1. The van der Waals surface area contributed by atoms with E-state index in [0.717, 1.165) is 21.8 Å². The van der Waals surface area contributed by atoms with Crippen LogP contribution in [0.1, 0.15) is 5.56 Å². The smallest absolute Gasteiger partial charge is 0.283 e. The Morgan fingerprint density at radius 1 is 1.06 bits per heavy atom. The minimum atomic E-state index is -3.80. The molecule has 2 amide bonds. The highest BCUT2D eigenvalue weighted by Gasteiger charge is 2.39. The number of anilines is 3. The summed E-state index contributed by atoms with van der Waals surface area (Å²) in [4.78, 5) is 30.3. The number of sulfonamides is 1. The number of carbonyl (C=O) groups excluding carboxylic acids is 2. The number of aryl methyl sites for hydroxylation is 1. The molecule has 158 valence electrons. The number of nitrogens with one attached hydrogen (secondary N) is 2. The maximum absolute atomic E-state index is 12.8. The molecule has 0 aliphatic carbocycles. The second-order valence-electron chi connectivity index (χ2n) is 6.57. The van der Waals surface area contributed by atoms with Crippen molar-refractivity contribution in [3.8, 4) is 0 Å². The number of hydrogen-bond donors (Lipinski definition) is 2. The molecule has 0 radical (unpaired) electrons. The number of benzene rings is 2. The average Bonchev–Trinajstić information content (AvgIpc) is 3.30. The van der Waals surface area contributed by atoms with E-state index in [4.69, 9.17) is 11.6 Å². The topological polar surface area (TPSA) is 108 Å². The van der Waals surface area contributed by atoms with Crippen molar-refractivity contribution in [1.29, 1.82) is 0 Å². The third-order valence-electron chi connectivity index (χ3n) is 4.38. The Labute approximate surface area is 187 Å². The first-order valence-corrected chi connectivity index (χ1v) is 11.6. The van der Waals surface area contributed by atoms with Crippen LogP contribution in [0, 0.1) is 6.92 Å². The van der Waals surface area contributed by atoms with E-state index >= 15 is 0 Å². The number of amides is 2. The lowest BCUT2D eigenvalue weighted by Crippen LogP contribution is -2.32. The molecular weight excluding hydrogens is 460 g/mol. The van der Waals surface area contributed by atoms with Gasteiger partial charge in [0.25, 0.3) is 21.8 Å². The first-order valence-electron chi connectivity index (χ1n) is 8.91. The van der Waals surface area contributed by atoms with Gasteiger partial charge in [-0.3, -0.25) is 14.3 Å². The SMILES string of the molecule is Cc1cccc(N2C(=O)C(Cl)=C(Nc3ccc(S(=O)(=O)Nc4nccs4)cc3)C2=O)c1. The normalized spacial score (nSPS) is 14.3. The van der Waals surface area contributed by atoms with Gasteiger partial charge in [-0.1, -0.05) is 23.7 Å². The molecule has 2 N–H and O–H groups in total. The fraction of sp³-hybridized carbons (Fsp3) is 0.0500. The average molecular weight is 475 g/mol. The lowest BCUT2D eigenvalue weighted by Gasteiger charge is -2.15. The van der Waals surface area contributed by atoms with Gasteiger partial charge in [0.15, 0.2) is 5.13 Å². The second-order valence-corrected chi connectivity index (χ2v) is 9.52. The van der Waals surface area contributed by atoms with Crippen LogP contribution in [-0.2, 0) is 19.6 Å². The van der Waals surface area contributed by atoms with Crippen LogP contribution in [0.2, 0.25) is 0 Å². The molecule has 2 heterocycles. The summed E-state index contributed by atoms with van der Waals surface area (Å²) in [6.07, 6.45) is 1.49. The summed E-state index contributed by atoms with van der Waals surface area (Å²) in [7, 11) is -3.80. The van der Waals surface area contributed by atoms with Crippen molar-refractivity contribution >= 4 is 61.3 Å². The van der Waals surface area contributed by atoms with Crippen molar-refractivity contribution in [1.82, 2.24) is 4.98 Å². The Balaban J connectivity index is 1.54.